The molecule has 4 aromatic rings. The summed E-state index contributed by atoms with van der Waals surface area (Å²) in [6, 6.07) is 18.2. The fourth-order valence-electron chi connectivity index (χ4n) is 5.24. The van der Waals surface area contributed by atoms with Crippen molar-refractivity contribution in [2.45, 2.75) is 12.2 Å². The minimum Gasteiger partial charge on any atom is -0.312 e. The van der Waals surface area contributed by atoms with Crippen LogP contribution < -0.4 is 5.32 Å². The molecule has 37 heavy (non-hydrogen) atoms. The maximum absolute atomic E-state index is 14.0. The highest BCUT2D eigenvalue weighted by atomic mass is 19.4. The molecule has 0 fully saturated rings. The Morgan fingerprint density at radius 1 is 0.703 bits per heavy atom. The van der Waals surface area contributed by atoms with E-state index in [2.05, 4.69) is 10.3 Å². The molecule has 178 valence electrons. The molecule has 2 aliphatic rings. The lowest BCUT2D eigenvalue weighted by Gasteiger charge is -2.14. The van der Waals surface area contributed by atoms with Gasteiger partial charge in [0.25, 0.3) is 0 Å². The van der Waals surface area contributed by atoms with E-state index in [4.69, 9.17) is 0 Å². The van der Waals surface area contributed by atoms with Crippen molar-refractivity contribution in [2.24, 2.45) is 4.99 Å². The summed E-state index contributed by atoms with van der Waals surface area (Å²) in [6.45, 7) is 0. The van der Waals surface area contributed by atoms with Gasteiger partial charge in [0, 0.05) is 11.1 Å². The Morgan fingerprint density at radius 3 is 2.08 bits per heavy atom. The van der Waals surface area contributed by atoms with Gasteiger partial charge >= 0.3 is 6.18 Å². The van der Waals surface area contributed by atoms with Crippen LogP contribution >= 0.6 is 0 Å². The van der Waals surface area contributed by atoms with Crippen molar-refractivity contribution >= 4 is 5.71 Å². The number of hydrogen-bond acceptors (Lipinski definition) is 4. The predicted octanol–water partition coefficient (Wildman–Crippen LogP) is 6.95. The first-order valence-electron chi connectivity index (χ1n) is 11.2. The van der Waals surface area contributed by atoms with Crippen LogP contribution in [0.25, 0.3) is 33.4 Å². The highest BCUT2D eigenvalue weighted by molar-refractivity contribution is 6.25. The summed E-state index contributed by atoms with van der Waals surface area (Å²) in [5.41, 5.74) is 7.04. The van der Waals surface area contributed by atoms with E-state index >= 15 is 0 Å². The molecule has 0 bridgehead atoms. The van der Waals surface area contributed by atoms with Crippen LogP contribution in [0.5, 0.6) is 0 Å². The predicted molar refractivity (Wildman–Crippen MR) is 130 cm³/mol. The van der Waals surface area contributed by atoms with Crippen molar-refractivity contribution in [3.05, 3.63) is 106 Å². The molecule has 4 aromatic carbocycles. The Morgan fingerprint density at radius 2 is 1.38 bits per heavy atom. The van der Waals surface area contributed by atoms with Crippen molar-refractivity contribution in [1.29, 1.82) is 10.5 Å². The number of benzene rings is 4. The lowest BCUT2D eigenvalue weighted by molar-refractivity contribution is -0.137. The van der Waals surface area contributed by atoms with Crippen LogP contribution in [0.15, 0.2) is 77.8 Å². The third kappa shape index (κ3) is 3.46. The molecular weight excluding hydrogens is 480 g/mol. The molecule has 0 amide bonds. The van der Waals surface area contributed by atoms with Crippen molar-refractivity contribution in [2.75, 3.05) is 0 Å². The number of nitrogens with one attached hydrogen (secondary N) is 1. The third-order valence-electron chi connectivity index (χ3n) is 6.85. The molecule has 1 atom stereocenters. The number of hydrogen-bond donors (Lipinski definition) is 1. The molecule has 0 aromatic heterocycles. The van der Waals surface area contributed by atoms with Gasteiger partial charge in [-0.2, -0.15) is 28.7 Å². The molecule has 4 nitrogen and oxygen atoms in total. The molecule has 1 N–H and O–H groups in total. The van der Waals surface area contributed by atoms with E-state index in [9.17, 15) is 28.1 Å². The zero-order valence-corrected chi connectivity index (χ0v) is 18.9. The summed E-state index contributed by atoms with van der Waals surface area (Å²) in [7, 11) is 0. The zero-order chi connectivity index (χ0) is 25.9. The molecule has 8 heteroatoms. The molecule has 2 aliphatic carbocycles. The van der Waals surface area contributed by atoms with Gasteiger partial charge in [-0.15, -0.1) is 0 Å². The minimum atomic E-state index is -4.42. The monoisotopic (exact) mass is 494 g/mol. The Bertz CT molecular complexity index is 1720. The van der Waals surface area contributed by atoms with Crippen LogP contribution in [0, 0.1) is 28.7 Å². The number of rotatable bonds is 2. The minimum absolute atomic E-state index is 0.384. The second-order valence-electron chi connectivity index (χ2n) is 8.80. The summed E-state index contributed by atoms with van der Waals surface area (Å²) >= 11 is 0. The highest BCUT2D eigenvalue weighted by Gasteiger charge is 2.34. The van der Waals surface area contributed by atoms with E-state index in [0.29, 0.717) is 28.0 Å². The lowest BCUT2D eigenvalue weighted by Crippen LogP contribution is -2.14. The fourth-order valence-corrected chi connectivity index (χ4v) is 5.24. The van der Waals surface area contributed by atoms with Crippen LogP contribution in [0.3, 0.4) is 0 Å². The normalized spacial score (nSPS) is 15.8. The Balaban J connectivity index is 1.50. The summed E-state index contributed by atoms with van der Waals surface area (Å²) in [4.78, 5) is 3.97. The van der Waals surface area contributed by atoms with Crippen molar-refractivity contribution in [1.82, 2.24) is 5.32 Å². The maximum Gasteiger partial charge on any atom is 0.416 e. The fraction of sp³-hybridized carbons (Fsp3) is 0.0690. The van der Waals surface area contributed by atoms with Crippen LogP contribution in [-0.2, 0) is 6.18 Å². The zero-order valence-electron chi connectivity index (χ0n) is 18.9. The van der Waals surface area contributed by atoms with Crippen LogP contribution in [0.4, 0.5) is 17.6 Å². The standard InChI is InChI=1S/C29H14F4N4/c30-18-6-8-20-22-12-25-21(11-26(22)28(37-14-35)24(20)10-18)19-7-3-16(9-23(19)27(25)36-13-34)15-1-4-17(5-2-15)29(31,32)33/h1-12,27,36H/b37-28+. The van der Waals surface area contributed by atoms with Gasteiger partial charge in [-0.05, 0) is 87.0 Å². The van der Waals surface area contributed by atoms with E-state index in [1.54, 1.807) is 12.3 Å². The summed E-state index contributed by atoms with van der Waals surface area (Å²) in [6.07, 6.45) is -0.606. The second kappa shape index (κ2) is 8.04. The first-order valence-corrected chi connectivity index (χ1v) is 11.2. The SMILES string of the molecule is N#C/N=C1\c2cc(F)ccc2-c2cc3c(cc21)-c1ccc(-c2ccc(C(F)(F)F)cc2)cc1C3NC#N. The molecule has 1 unspecified atom stereocenters. The van der Waals surface area contributed by atoms with Crippen molar-refractivity contribution in [3.63, 3.8) is 0 Å². The van der Waals surface area contributed by atoms with Crippen molar-refractivity contribution < 1.29 is 17.6 Å². The lowest BCUT2D eigenvalue weighted by atomic mass is 9.96. The largest absolute Gasteiger partial charge is 0.416 e. The number of alkyl halides is 3. The number of nitriles is 2. The van der Waals surface area contributed by atoms with Crippen LogP contribution in [-0.4, -0.2) is 5.71 Å². The van der Waals surface area contributed by atoms with Gasteiger partial charge in [0.05, 0.1) is 17.3 Å². The smallest absolute Gasteiger partial charge is 0.312 e. The number of halogens is 4. The molecule has 0 radical (unpaired) electrons. The topological polar surface area (TPSA) is 72.0 Å². The first kappa shape index (κ1) is 22.5. The number of nitrogens with zero attached hydrogens (tertiary/aromatic N) is 3. The van der Waals surface area contributed by atoms with E-state index in [1.165, 1.54) is 24.3 Å². The molecular formula is C29H14F4N4. The summed E-state index contributed by atoms with van der Waals surface area (Å²) < 4.78 is 53.0. The van der Waals surface area contributed by atoms with Gasteiger partial charge in [-0.3, -0.25) is 0 Å². The molecule has 0 aliphatic heterocycles. The first-order chi connectivity index (χ1) is 17.8. The maximum atomic E-state index is 14.0. The average Bonchev–Trinajstić information content (AvgIpc) is 3.34. The van der Waals surface area contributed by atoms with Crippen LogP contribution in [0.1, 0.15) is 33.9 Å². The number of aliphatic imine (C=N–C) groups is 1. The second-order valence-corrected chi connectivity index (χ2v) is 8.80. The van der Waals surface area contributed by atoms with Gasteiger partial charge in [0.1, 0.15) is 5.82 Å². The van der Waals surface area contributed by atoms with Crippen molar-refractivity contribution in [3.8, 4) is 45.8 Å². The molecule has 0 spiro atoms. The average molecular weight is 494 g/mol. The summed E-state index contributed by atoms with van der Waals surface area (Å²) in [5, 5.41) is 21.6. The Hall–Kier alpha value is -4.95. The number of fused-ring (bicyclic) bond motifs is 6. The highest BCUT2D eigenvalue weighted by Crippen LogP contribution is 2.49. The van der Waals surface area contributed by atoms with E-state index < -0.39 is 23.6 Å². The van der Waals surface area contributed by atoms with Gasteiger partial charge in [-0.25, -0.2) is 4.39 Å². The third-order valence-corrected chi connectivity index (χ3v) is 6.85. The molecule has 6 rings (SSSR count). The van der Waals surface area contributed by atoms with Gasteiger partial charge < -0.3 is 5.32 Å². The molecule has 0 saturated heterocycles. The summed E-state index contributed by atoms with van der Waals surface area (Å²) in [5.74, 6) is -0.435. The quantitative estimate of drug-likeness (QED) is 0.164. The molecule has 0 heterocycles. The molecule has 0 saturated carbocycles. The van der Waals surface area contributed by atoms with E-state index in [-0.39, 0.29) is 0 Å². The van der Waals surface area contributed by atoms with Crippen LogP contribution in [0.2, 0.25) is 0 Å². The Labute approximate surface area is 208 Å². The van der Waals surface area contributed by atoms with Gasteiger partial charge in [-0.1, -0.05) is 30.3 Å². The van der Waals surface area contributed by atoms with E-state index in [1.807, 2.05) is 36.5 Å². The van der Waals surface area contributed by atoms with E-state index in [0.717, 1.165) is 45.5 Å². The van der Waals surface area contributed by atoms with Gasteiger partial charge in [0.2, 0.25) is 6.19 Å². The Kier molecular flexibility index (Phi) is 4.89. The van der Waals surface area contributed by atoms with Gasteiger partial charge in [0.15, 0.2) is 6.19 Å².